The number of amides is 1. The van der Waals surface area contributed by atoms with Crippen LogP contribution in [0.1, 0.15) is 35.2 Å². The molecular weight excluding hydrogens is 282 g/mol. The third-order valence-electron chi connectivity index (χ3n) is 3.57. The van der Waals surface area contributed by atoms with Gasteiger partial charge < -0.3 is 9.32 Å². The zero-order valence-electron chi connectivity index (χ0n) is 10.5. The summed E-state index contributed by atoms with van der Waals surface area (Å²) in [4.78, 5) is 14.4. The number of hydrogen-bond donors (Lipinski definition) is 0. The molecule has 1 amide bonds. The predicted molar refractivity (Wildman–Crippen MR) is 70.6 cm³/mol. The molecule has 1 fully saturated rings. The lowest BCUT2D eigenvalue weighted by Crippen LogP contribution is -2.38. The van der Waals surface area contributed by atoms with E-state index in [0.717, 1.165) is 29.8 Å². The number of rotatable bonds is 2. The van der Waals surface area contributed by atoms with Crippen molar-refractivity contribution < 1.29 is 9.21 Å². The highest BCUT2D eigenvalue weighted by molar-refractivity contribution is 9.09. The van der Waals surface area contributed by atoms with E-state index in [0.29, 0.717) is 17.5 Å². The van der Waals surface area contributed by atoms with Crippen LogP contribution in [0.4, 0.5) is 0 Å². The van der Waals surface area contributed by atoms with Gasteiger partial charge in [-0.15, -0.1) is 0 Å². The fourth-order valence-electron chi connectivity index (χ4n) is 2.49. The fourth-order valence-corrected chi connectivity index (χ4v) is 3.48. The van der Waals surface area contributed by atoms with Crippen LogP contribution in [0.15, 0.2) is 10.5 Å². The molecule has 17 heavy (non-hydrogen) atoms. The van der Waals surface area contributed by atoms with Crippen LogP contribution in [0.3, 0.4) is 0 Å². The lowest BCUT2D eigenvalue weighted by molar-refractivity contribution is 0.0737. The molecule has 2 heterocycles. The summed E-state index contributed by atoms with van der Waals surface area (Å²) in [6.45, 7) is 6.77. The van der Waals surface area contributed by atoms with E-state index >= 15 is 0 Å². The van der Waals surface area contributed by atoms with Gasteiger partial charge in [-0.3, -0.25) is 4.79 Å². The molecule has 94 valence electrons. The minimum Gasteiger partial charge on any atom is -0.466 e. The second-order valence-electron chi connectivity index (χ2n) is 4.81. The first-order valence-corrected chi connectivity index (χ1v) is 7.10. The Labute approximate surface area is 110 Å². The minimum atomic E-state index is 0.105. The van der Waals surface area contributed by atoms with Crippen LogP contribution in [0, 0.1) is 19.8 Å². The van der Waals surface area contributed by atoms with Crippen molar-refractivity contribution in [1.29, 1.82) is 0 Å². The van der Waals surface area contributed by atoms with E-state index in [-0.39, 0.29) is 5.91 Å². The van der Waals surface area contributed by atoms with Gasteiger partial charge in [0.05, 0.1) is 5.56 Å². The number of nitrogens with zero attached hydrogens (tertiary/aromatic N) is 1. The summed E-state index contributed by atoms with van der Waals surface area (Å²) in [5.41, 5.74) is 0.711. The highest BCUT2D eigenvalue weighted by Crippen LogP contribution is 2.28. The minimum absolute atomic E-state index is 0.105. The van der Waals surface area contributed by atoms with Gasteiger partial charge in [0.1, 0.15) is 11.5 Å². The average Bonchev–Trinajstić information content (AvgIpc) is 2.80. The largest absolute Gasteiger partial charge is 0.466 e. The maximum Gasteiger partial charge on any atom is 0.257 e. The zero-order valence-corrected chi connectivity index (χ0v) is 12.1. The summed E-state index contributed by atoms with van der Waals surface area (Å²) < 4.78 is 5.43. The molecule has 0 aliphatic carbocycles. The number of aryl methyl sites for hydroxylation is 2. The van der Waals surface area contributed by atoms with Crippen molar-refractivity contribution in [3.8, 4) is 0 Å². The second-order valence-corrected chi connectivity index (χ2v) is 5.46. The quantitative estimate of drug-likeness (QED) is 0.786. The van der Waals surface area contributed by atoms with Crippen molar-refractivity contribution in [3.05, 3.63) is 23.2 Å². The topological polar surface area (TPSA) is 33.5 Å². The first-order chi connectivity index (χ1) is 8.04. The number of hydrogen-bond acceptors (Lipinski definition) is 2. The number of alkyl halides is 1. The van der Waals surface area contributed by atoms with Gasteiger partial charge in [0.15, 0.2) is 0 Å². The van der Waals surface area contributed by atoms with Crippen molar-refractivity contribution in [2.75, 3.05) is 11.9 Å². The Hall–Kier alpha value is -0.770. The van der Waals surface area contributed by atoms with Gasteiger partial charge in [0.25, 0.3) is 5.91 Å². The van der Waals surface area contributed by atoms with E-state index in [4.69, 9.17) is 4.42 Å². The Balaban J connectivity index is 2.23. The third-order valence-corrected chi connectivity index (χ3v) is 4.24. The number of likely N-dealkylation sites (tertiary alicyclic amines) is 1. The smallest absolute Gasteiger partial charge is 0.257 e. The van der Waals surface area contributed by atoms with Gasteiger partial charge in [-0.05, 0) is 32.3 Å². The molecule has 3 nitrogen and oxygen atoms in total. The van der Waals surface area contributed by atoms with E-state index in [1.165, 1.54) is 0 Å². The van der Waals surface area contributed by atoms with Crippen LogP contribution >= 0.6 is 15.9 Å². The third kappa shape index (κ3) is 2.28. The van der Waals surface area contributed by atoms with E-state index < -0.39 is 0 Å². The molecule has 1 aromatic rings. The molecule has 0 N–H and O–H groups in total. The van der Waals surface area contributed by atoms with Crippen LogP contribution in [-0.4, -0.2) is 28.7 Å². The Morgan fingerprint density at radius 1 is 1.59 bits per heavy atom. The number of carbonyl (C=O) groups excluding carboxylic acids is 1. The molecule has 0 saturated carbocycles. The van der Waals surface area contributed by atoms with E-state index in [1.807, 2.05) is 24.8 Å². The lowest BCUT2D eigenvalue weighted by Gasteiger charge is -2.25. The normalized spacial score (nSPS) is 24.4. The number of halogens is 1. The van der Waals surface area contributed by atoms with Gasteiger partial charge in [-0.2, -0.15) is 0 Å². The van der Waals surface area contributed by atoms with Crippen molar-refractivity contribution in [1.82, 2.24) is 4.90 Å². The monoisotopic (exact) mass is 299 g/mol. The molecule has 4 heteroatoms. The van der Waals surface area contributed by atoms with Crippen molar-refractivity contribution in [2.24, 2.45) is 5.92 Å². The van der Waals surface area contributed by atoms with Gasteiger partial charge in [0.2, 0.25) is 0 Å². The fraction of sp³-hybridized carbons (Fsp3) is 0.615. The molecule has 1 saturated heterocycles. The summed E-state index contributed by atoms with van der Waals surface area (Å²) in [6, 6.07) is 2.14. The van der Waals surface area contributed by atoms with Gasteiger partial charge in [-0.1, -0.05) is 22.9 Å². The molecular formula is C13H18BrNO2. The molecule has 0 aromatic carbocycles. The maximum atomic E-state index is 12.4. The van der Waals surface area contributed by atoms with Crippen molar-refractivity contribution >= 4 is 21.8 Å². The first-order valence-electron chi connectivity index (χ1n) is 5.98. The molecule has 0 bridgehead atoms. The summed E-state index contributed by atoms with van der Waals surface area (Å²) in [7, 11) is 0. The summed E-state index contributed by atoms with van der Waals surface area (Å²) in [5.74, 6) is 2.19. The first kappa shape index (κ1) is 12.7. The molecule has 0 radical (unpaired) electrons. The zero-order chi connectivity index (χ0) is 12.6. The molecule has 2 unspecified atom stereocenters. The van der Waals surface area contributed by atoms with Crippen LogP contribution in [0.2, 0.25) is 0 Å². The summed E-state index contributed by atoms with van der Waals surface area (Å²) in [6.07, 6.45) is 1.08. The molecule has 1 aliphatic heterocycles. The van der Waals surface area contributed by atoms with Gasteiger partial charge in [-0.25, -0.2) is 0 Å². The van der Waals surface area contributed by atoms with E-state index in [1.54, 1.807) is 0 Å². The maximum absolute atomic E-state index is 12.4. The summed E-state index contributed by atoms with van der Waals surface area (Å²) >= 11 is 3.50. The van der Waals surface area contributed by atoms with Crippen molar-refractivity contribution in [2.45, 2.75) is 33.2 Å². The van der Waals surface area contributed by atoms with Gasteiger partial charge in [0, 0.05) is 17.9 Å². The average molecular weight is 300 g/mol. The molecule has 2 rings (SSSR count). The predicted octanol–water partition coefficient (Wildman–Crippen LogP) is 3.14. The molecule has 2 atom stereocenters. The second kappa shape index (κ2) is 4.84. The summed E-state index contributed by atoms with van der Waals surface area (Å²) in [5, 5.41) is 0.843. The van der Waals surface area contributed by atoms with E-state index in [2.05, 4.69) is 22.9 Å². The Morgan fingerprint density at radius 2 is 2.29 bits per heavy atom. The Morgan fingerprint density at radius 3 is 2.82 bits per heavy atom. The van der Waals surface area contributed by atoms with Crippen molar-refractivity contribution in [3.63, 3.8) is 0 Å². The lowest BCUT2D eigenvalue weighted by atomic mass is 10.0. The molecule has 1 aromatic heterocycles. The van der Waals surface area contributed by atoms with Gasteiger partial charge >= 0.3 is 0 Å². The number of carbonyl (C=O) groups is 1. The highest BCUT2D eigenvalue weighted by atomic mass is 79.9. The SMILES string of the molecule is Cc1cc(C(=O)N2CCC(C)C2CBr)c(C)o1. The highest BCUT2D eigenvalue weighted by Gasteiger charge is 2.35. The Bertz CT molecular complexity index is 427. The van der Waals surface area contributed by atoms with Crippen LogP contribution in [0.25, 0.3) is 0 Å². The molecule has 1 aliphatic rings. The Kier molecular flexibility index (Phi) is 3.61. The molecule has 0 spiro atoms. The number of furan rings is 1. The van der Waals surface area contributed by atoms with E-state index in [9.17, 15) is 4.79 Å². The van der Waals surface area contributed by atoms with Crippen LogP contribution in [0.5, 0.6) is 0 Å². The van der Waals surface area contributed by atoms with Crippen LogP contribution in [-0.2, 0) is 0 Å². The standard InChI is InChI=1S/C13H18BrNO2/c1-8-4-5-15(12(8)7-14)13(16)11-6-9(2)17-10(11)3/h6,8,12H,4-5,7H2,1-3H3. The van der Waals surface area contributed by atoms with Crippen LogP contribution < -0.4 is 0 Å².